The van der Waals surface area contributed by atoms with Gasteiger partial charge in [-0.1, -0.05) is 18.2 Å². The second kappa shape index (κ2) is 14.3. The summed E-state index contributed by atoms with van der Waals surface area (Å²) in [5, 5.41) is 14.2. The Kier molecular flexibility index (Phi) is 11.7. The summed E-state index contributed by atoms with van der Waals surface area (Å²) in [6.07, 6.45) is -2.32. The van der Waals surface area contributed by atoms with Crippen LogP contribution in [0.25, 0.3) is 0 Å². The Morgan fingerprint density at radius 1 is 0.875 bits per heavy atom. The number of nitrogens with zero attached hydrogens (tertiary/aromatic N) is 3. The van der Waals surface area contributed by atoms with Gasteiger partial charge in [-0.15, -0.1) is 0 Å². The second-order valence-corrected chi connectivity index (χ2v) is 9.56. The zero-order valence-corrected chi connectivity index (χ0v) is 21.7. The fraction of sp³-hybridized carbons (Fsp3) is 0.500. The van der Waals surface area contributed by atoms with Crippen LogP contribution in [-0.2, 0) is 22.7 Å². The topological polar surface area (TPSA) is 103 Å². The molecule has 2 aromatic rings. The van der Waals surface area contributed by atoms with Gasteiger partial charge in [-0.2, -0.15) is 26.3 Å². The number of pyridine rings is 1. The van der Waals surface area contributed by atoms with Gasteiger partial charge in [0.25, 0.3) is 0 Å². The van der Waals surface area contributed by atoms with Crippen molar-refractivity contribution in [3.05, 3.63) is 59.9 Å². The number of carboxylic acid groups (broad SMARTS) is 2. The lowest BCUT2D eigenvalue weighted by molar-refractivity contribution is -0.193. The van der Waals surface area contributed by atoms with Gasteiger partial charge >= 0.3 is 24.3 Å². The summed E-state index contributed by atoms with van der Waals surface area (Å²) >= 11 is 0. The third-order valence-corrected chi connectivity index (χ3v) is 6.59. The minimum atomic E-state index is -5.08. The molecule has 2 fully saturated rings. The first-order valence-electron chi connectivity index (χ1n) is 12.2. The van der Waals surface area contributed by atoms with Crippen LogP contribution in [0.15, 0.2) is 48.8 Å². The molecule has 0 saturated carbocycles. The Morgan fingerprint density at radius 2 is 1.38 bits per heavy atom. The molecule has 4 rings (SSSR count). The van der Waals surface area contributed by atoms with Gasteiger partial charge in [-0.05, 0) is 73.6 Å². The highest BCUT2D eigenvalue weighted by atomic mass is 19.4. The van der Waals surface area contributed by atoms with Crippen LogP contribution in [0.1, 0.15) is 30.4 Å². The monoisotopic (exact) mass is 579 g/mol. The van der Waals surface area contributed by atoms with E-state index in [-0.39, 0.29) is 0 Å². The predicted octanol–water partition coefficient (Wildman–Crippen LogP) is 4.84. The number of aromatic nitrogens is 1. The molecule has 2 saturated heterocycles. The molecule has 40 heavy (non-hydrogen) atoms. The van der Waals surface area contributed by atoms with Crippen LogP contribution in [0.5, 0.6) is 5.75 Å². The third kappa shape index (κ3) is 11.0. The lowest BCUT2D eigenvalue weighted by Crippen LogP contribution is -2.41. The Bertz CT molecular complexity index is 1070. The Morgan fingerprint density at radius 3 is 1.85 bits per heavy atom. The molecule has 2 N–H and O–H groups in total. The van der Waals surface area contributed by atoms with Crippen LogP contribution in [0, 0.1) is 5.41 Å². The number of carboxylic acids is 2. The third-order valence-electron chi connectivity index (χ3n) is 6.59. The van der Waals surface area contributed by atoms with E-state index in [1.165, 1.54) is 56.6 Å². The highest BCUT2D eigenvalue weighted by Crippen LogP contribution is 2.41. The second-order valence-electron chi connectivity index (χ2n) is 9.56. The highest BCUT2D eigenvalue weighted by Gasteiger charge is 2.40. The van der Waals surface area contributed by atoms with E-state index in [1.54, 1.807) is 7.11 Å². The molecule has 2 aliphatic rings. The van der Waals surface area contributed by atoms with E-state index in [0.717, 1.165) is 18.8 Å². The maximum Gasteiger partial charge on any atom is 0.490 e. The molecule has 0 amide bonds. The lowest BCUT2D eigenvalue weighted by Gasteiger charge is -2.39. The summed E-state index contributed by atoms with van der Waals surface area (Å²) in [5.41, 5.74) is 3.22. The predicted molar refractivity (Wildman–Crippen MR) is 131 cm³/mol. The SMILES string of the molecule is COc1cccc(CN2CCC3(CC2)CCN(Cc2cccnc2)C3)c1.O=C(O)C(F)(F)F.O=C(O)C(F)(F)F. The van der Waals surface area contributed by atoms with Crippen LogP contribution >= 0.6 is 0 Å². The molecular weight excluding hydrogens is 548 g/mol. The van der Waals surface area contributed by atoms with Crippen LogP contribution in [0.4, 0.5) is 26.3 Å². The normalized spacial score (nSPS) is 17.3. The number of halogens is 6. The number of aliphatic carboxylic acids is 2. The largest absolute Gasteiger partial charge is 0.497 e. The molecule has 222 valence electrons. The van der Waals surface area contributed by atoms with Crippen LogP contribution in [0.2, 0.25) is 0 Å². The molecular formula is C26H31F6N3O5. The van der Waals surface area contributed by atoms with E-state index in [4.69, 9.17) is 24.5 Å². The summed E-state index contributed by atoms with van der Waals surface area (Å²) in [4.78, 5) is 27.3. The van der Waals surface area contributed by atoms with Gasteiger partial charge in [0.05, 0.1) is 7.11 Å². The molecule has 3 heterocycles. The Hall–Kier alpha value is -3.39. The number of ether oxygens (including phenoxy) is 1. The van der Waals surface area contributed by atoms with Gasteiger partial charge in [0.15, 0.2) is 0 Å². The smallest absolute Gasteiger partial charge is 0.490 e. The first kappa shape index (κ1) is 32.8. The highest BCUT2D eigenvalue weighted by molar-refractivity contribution is 5.73. The van der Waals surface area contributed by atoms with E-state index in [0.29, 0.717) is 5.41 Å². The molecule has 14 heteroatoms. The summed E-state index contributed by atoms with van der Waals surface area (Å²) in [6.45, 7) is 6.96. The van der Waals surface area contributed by atoms with E-state index in [1.807, 2.05) is 24.5 Å². The number of rotatable bonds is 5. The molecule has 1 aromatic carbocycles. The van der Waals surface area contributed by atoms with Crippen molar-refractivity contribution < 1.29 is 50.9 Å². The van der Waals surface area contributed by atoms with E-state index in [2.05, 4.69) is 39.0 Å². The fourth-order valence-corrected chi connectivity index (χ4v) is 4.54. The molecule has 2 aliphatic heterocycles. The number of methoxy groups -OCH3 is 1. The Labute approximate surface area is 227 Å². The molecule has 0 bridgehead atoms. The van der Waals surface area contributed by atoms with Crippen LogP contribution in [0.3, 0.4) is 0 Å². The van der Waals surface area contributed by atoms with E-state index in [9.17, 15) is 26.3 Å². The van der Waals surface area contributed by atoms with E-state index < -0.39 is 24.3 Å². The van der Waals surface area contributed by atoms with E-state index >= 15 is 0 Å². The van der Waals surface area contributed by atoms with Crippen molar-refractivity contribution in [3.63, 3.8) is 0 Å². The molecule has 1 spiro atoms. The molecule has 0 unspecified atom stereocenters. The lowest BCUT2D eigenvalue weighted by atomic mass is 9.77. The number of carbonyl (C=O) groups is 2. The van der Waals surface area contributed by atoms with Gasteiger partial charge in [-0.25, -0.2) is 9.59 Å². The number of likely N-dealkylation sites (tertiary alicyclic amines) is 2. The van der Waals surface area contributed by atoms with Gasteiger partial charge < -0.3 is 14.9 Å². The maximum absolute atomic E-state index is 10.6. The van der Waals surface area contributed by atoms with Crippen molar-refractivity contribution in [1.29, 1.82) is 0 Å². The minimum Gasteiger partial charge on any atom is -0.497 e. The standard InChI is InChI=1S/C22H29N3O.2C2HF3O2/c1-26-21-6-2-4-19(14-21)16-24-11-7-22(8-12-24)9-13-25(18-22)17-20-5-3-10-23-15-20;2*3-2(4,5)1(6)7/h2-6,10,14-15H,7-9,11-13,16-18H2,1H3;2*(H,6,7). The first-order chi connectivity index (χ1) is 18.6. The van der Waals surface area contributed by atoms with Crippen molar-refractivity contribution in [2.24, 2.45) is 5.41 Å². The first-order valence-corrected chi connectivity index (χ1v) is 12.2. The number of piperidine rings is 1. The quantitative estimate of drug-likeness (QED) is 0.485. The van der Waals surface area contributed by atoms with Crippen LogP contribution < -0.4 is 4.74 Å². The summed E-state index contributed by atoms with van der Waals surface area (Å²) in [6, 6.07) is 12.7. The van der Waals surface area contributed by atoms with Crippen molar-refractivity contribution in [2.75, 3.05) is 33.3 Å². The molecule has 0 aliphatic carbocycles. The van der Waals surface area contributed by atoms with Gasteiger partial charge in [0.1, 0.15) is 5.75 Å². The number of hydrogen-bond acceptors (Lipinski definition) is 6. The summed E-state index contributed by atoms with van der Waals surface area (Å²) in [7, 11) is 1.74. The average Bonchev–Trinajstić information content (AvgIpc) is 3.27. The van der Waals surface area contributed by atoms with Gasteiger partial charge in [0.2, 0.25) is 0 Å². The van der Waals surface area contributed by atoms with Gasteiger partial charge in [0, 0.05) is 32.0 Å². The zero-order chi connectivity index (χ0) is 30.0. The van der Waals surface area contributed by atoms with Crippen molar-refractivity contribution in [1.82, 2.24) is 14.8 Å². The minimum absolute atomic E-state index is 0.535. The van der Waals surface area contributed by atoms with Crippen molar-refractivity contribution >= 4 is 11.9 Å². The van der Waals surface area contributed by atoms with Gasteiger partial charge in [-0.3, -0.25) is 14.8 Å². The van der Waals surface area contributed by atoms with Crippen molar-refractivity contribution in [2.45, 2.75) is 44.7 Å². The Balaban J connectivity index is 0.000000333. The summed E-state index contributed by atoms with van der Waals surface area (Å²) in [5.74, 6) is -4.56. The number of benzene rings is 1. The van der Waals surface area contributed by atoms with Crippen molar-refractivity contribution in [3.8, 4) is 5.75 Å². The maximum atomic E-state index is 10.6. The number of hydrogen-bond donors (Lipinski definition) is 2. The molecule has 8 nitrogen and oxygen atoms in total. The fourth-order valence-electron chi connectivity index (χ4n) is 4.54. The average molecular weight is 580 g/mol. The zero-order valence-electron chi connectivity index (χ0n) is 21.7. The molecule has 0 atom stereocenters. The number of alkyl halides is 6. The molecule has 0 radical (unpaired) electrons. The van der Waals surface area contributed by atoms with Crippen LogP contribution in [-0.4, -0.2) is 82.6 Å². The summed E-state index contributed by atoms with van der Waals surface area (Å²) < 4.78 is 68.8. The molecule has 1 aromatic heterocycles.